The number of nitrogen functional groups attached to an aromatic ring is 1. The summed E-state index contributed by atoms with van der Waals surface area (Å²) in [7, 11) is 0. The van der Waals surface area contributed by atoms with Crippen molar-refractivity contribution >= 4 is 17.4 Å². The van der Waals surface area contributed by atoms with E-state index in [9.17, 15) is 22.4 Å². The van der Waals surface area contributed by atoms with Crippen LogP contribution in [0.25, 0.3) is 0 Å². The zero-order chi connectivity index (χ0) is 15.6. The Morgan fingerprint density at radius 2 is 1.95 bits per heavy atom. The number of hydrogen-bond donors (Lipinski definition) is 2. The number of rotatable bonds is 2. The summed E-state index contributed by atoms with van der Waals surface area (Å²) in [5.41, 5.74) is 3.75. The zero-order valence-corrected chi connectivity index (χ0v) is 10.4. The Kier molecular flexibility index (Phi) is 3.79. The minimum Gasteiger partial charge on any atom is -0.383 e. The normalized spacial score (nSPS) is 11.2. The third-order valence-electron chi connectivity index (χ3n) is 2.63. The highest BCUT2D eigenvalue weighted by Gasteiger charge is 2.31. The van der Waals surface area contributed by atoms with Crippen LogP contribution in [0.5, 0.6) is 0 Å². The van der Waals surface area contributed by atoms with Crippen LogP contribution in [0, 0.1) is 5.82 Å². The largest absolute Gasteiger partial charge is 0.416 e. The first-order valence-corrected chi connectivity index (χ1v) is 5.67. The van der Waals surface area contributed by atoms with Gasteiger partial charge >= 0.3 is 6.18 Å². The standard InChI is InChI=1S/C13H9F4N3O/c14-9-4-3-7(13(15,16)17)6-10(9)20-12(21)8-2-1-5-19-11(8)18/h1-6H,(H2,18,19)(H,20,21). The van der Waals surface area contributed by atoms with Gasteiger partial charge in [0.2, 0.25) is 0 Å². The van der Waals surface area contributed by atoms with Crippen LogP contribution in [0.2, 0.25) is 0 Å². The van der Waals surface area contributed by atoms with Crippen molar-refractivity contribution in [3.8, 4) is 0 Å². The second-order valence-electron chi connectivity index (χ2n) is 4.08. The van der Waals surface area contributed by atoms with E-state index in [-0.39, 0.29) is 11.4 Å². The predicted molar refractivity (Wildman–Crippen MR) is 68.0 cm³/mol. The molecule has 1 aromatic heterocycles. The number of alkyl halides is 3. The summed E-state index contributed by atoms with van der Waals surface area (Å²) in [6.45, 7) is 0. The molecule has 110 valence electrons. The van der Waals surface area contributed by atoms with E-state index in [4.69, 9.17) is 5.73 Å². The molecule has 0 aliphatic heterocycles. The summed E-state index contributed by atoms with van der Waals surface area (Å²) in [5.74, 6) is -1.94. The van der Waals surface area contributed by atoms with Crippen molar-refractivity contribution in [2.24, 2.45) is 0 Å². The molecule has 0 saturated carbocycles. The van der Waals surface area contributed by atoms with E-state index in [0.29, 0.717) is 18.2 Å². The summed E-state index contributed by atoms with van der Waals surface area (Å²) >= 11 is 0. The molecule has 0 spiro atoms. The van der Waals surface area contributed by atoms with Crippen molar-refractivity contribution in [2.75, 3.05) is 11.1 Å². The first kappa shape index (κ1) is 14.8. The minimum atomic E-state index is -4.64. The van der Waals surface area contributed by atoms with E-state index in [1.165, 1.54) is 18.3 Å². The molecule has 21 heavy (non-hydrogen) atoms. The van der Waals surface area contributed by atoms with Crippen LogP contribution in [0.3, 0.4) is 0 Å². The van der Waals surface area contributed by atoms with Crippen LogP contribution < -0.4 is 11.1 Å². The molecule has 2 rings (SSSR count). The maximum atomic E-state index is 13.5. The lowest BCUT2D eigenvalue weighted by Gasteiger charge is -2.11. The van der Waals surface area contributed by atoms with Crippen LogP contribution in [0.15, 0.2) is 36.5 Å². The summed E-state index contributed by atoms with van der Waals surface area (Å²) in [6, 6.07) is 4.48. The molecule has 0 saturated heterocycles. The summed E-state index contributed by atoms with van der Waals surface area (Å²) in [6.07, 6.45) is -3.29. The molecular weight excluding hydrogens is 290 g/mol. The number of benzene rings is 1. The molecule has 0 aliphatic rings. The fraction of sp³-hybridized carbons (Fsp3) is 0.0769. The number of hydrogen-bond acceptors (Lipinski definition) is 3. The van der Waals surface area contributed by atoms with Gasteiger partial charge in [-0.1, -0.05) is 0 Å². The molecule has 2 aromatic rings. The Bertz CT molecular complexity index is 685. The van der Waals surface area contributed by atoms with Crippen molar-refractivity contribution in [3.63, 3.8) is 0 Å². The maximum absolute atomic E-state index is 13.5. The van der Waals surface area contributed by atoms with Crippen molar-refractivity contribution < 1.29 is 22.4 Å². The Labute approximate surface area is 116 Å². The predicted octanol–water partition coefficient (Wildman–Crippen LogP) is 3.07. The molecular formula is C13H9F4N3O. The van der Waals surface area contributed by atoms with Gasteiger partial charge in [-0.2, -0.15) is 13.2 Å². The van der Waals surface area contributed by atoms with Crippen molar-refractivity contribution in [1.82, 2.24) is 4.98 Å². The van der Waals surface area contributed by atoms with E-state index < -0.39 is 29.2 Å². The highest BCUT2D eigenvalue weighted by molar-refractivity contribution is 6.07. The van der Waals surface area contributed by atoms with E-state index >= 15 is 0 Å². The number of carbonyl (C=O) groups excluding carboxylic acids is 1. The average molecular weight is 299 g/mol. The number of halogens is 4. The van der Waals surface area contributed by atoms with Crippen molar-refractivity contribution in [3.05, 3.63) is 53.5 Å². The fourth-order valence-electron chi connectivity index (χ4n) is 1.60. The van der Waals surface area contributed by atoms with Crippen LogP contribution in [0.1, 0.15) is 15.9 Å². The fourth-order valence-corrected chi connectivity index (χ4v) is 1.60. The average Bonchev–Trinajstić information content (AvgIpc) is 2.40. The third kappa shape index (κ3) is 3.28. The van der Waals surface area contributed by atoms with E-state index in [2.05, 4.69) is 4.98 Å². The highest BCUT2D eigenvalue weighted by atomic mass is 19.4. The number of aromatic nitrogens is 1. The minimum absolute atomic E-state index is 0.0608. The highest BCUT2D eigenvalue weighted by Crippen LogP contribution is 2.32. The van der Waals surface area contributed by atoms with Gasteiger partial charge in [-0.05, 0) is 30.3 Å². The lowest BCUT2D eigenvalue weighted by Crippen LogP contribution is -2.16. The topological polar surface area (TPSA) is 68.0 Å². The molecule has 1 heterocycles. The van der Waals surface area contributed by atoms with Crippen molar-refractivity contribution in [1.29, 1.82) is 0 Å². The first-order chi connectivity index (χ1) is 9.79. The quantitative estimate of drug-likeness (QED) is 0.837. The summed E-state index contributed by atoms with van der Waals surface area (Å²) in [4.78, 5) is 15.5. The number of nitrogens with two attached hydrogens (primary N) is 1. The molecule has 0 aliphatic carbocycles. The van der Waals surface area contributed by atoms with Gasteiger partial charge in [0.1, 0.15) is 11.6 Å². The number of nitrogens with one attached hydrogen (secondary N) is 1. The number of anilines is 2. The second kappa shape index (κ2) is 5.39. The lowest BCUT2D eigenvalue weighted by atomic mass is 10.1. The zero-order valence-electron chi connectivity index (χ0n) is 10.4. The summed E-state index contributed by atoms with van der Waals surface area (Å²) in [5, 5.41) is 2.05. The first-order valence-electron chi connectivity index (χ1n) is 5.67. The molecule has 1 aromatic carbocycles. The SMILES string of the molecule is Nc1ncccc1C(=O)Nc1cc(C(F)(F)F)ccc1F. The number of carbonyl (C=O) groups is 1. The van der Waals surface area contributed by atoms with Crippen LogP contribution in [-0.4, -0.2) is 10.9 Å². The van der Waals surface area contributed by atoms with Crippen LogP contribution in [-0.2, 0) is 6.18 Å². The van der Waals surface area contributed by atoms with Gasteiger partial charge in [0.25, 0.3) is 5.91 Å². The molecule has 0 atom stereocenters. The van der Waals surface area contributed by atoms with Crippen molar-refractivity contribution in [2.45, 2.75) is 6.18 Å². The number of nitrogens with zero attached hydrogens (tertiary/aromatic N) is 1. The second-order valence-corrected chi connectivity index (χ2v) is 4.08. The van der Waals surface area contributed by atoms with Crippen LogP contribution >= 0.6 is 0 Å². The molecule has 4 nitrogen and oxygen atoms in total. The Morgan fingerprint density at radius 3 is 2.57 bits per heavy atom. The molecule has 0 fully saturated rings. The molecule has 1 amide bonds. The Balaban J connectivity index is 2.31. The molecule has 3 N–H and O–H groups in total. The van der Waals surface area contributed by atoms with Gasteiger partial charge in [-0.25, -0.2) is 9.37 Å². The van der Waals surface area contributed by atoms with E-state index in [1.54, 1.807) is 0 Å². The van der Waals surface area contributed by atoms with E-state index in [0.717, 1.165) is 0 Å². The van der Waals surface area contributed by atoms with Gasteiger partial charge < -0.3 is 11.1 Å². The van der Waals surface area contributed by atoms with Gasteiger partial charge in [0, 0.05) is 6.20 Å². The monoisotopic (exact) mass is 299 g/mol. The smallest absolute Gasteiger partial charge is 0.383 e. The van der Waals surface area contributed by atoms with Gasteiger partial charge in [0.05, 0.1) is 16.8 Å². The summed E-state index contributed by atoms with van der Waals surface area (Å²) < 4.78 is 51.2. The van der Waals surface area contributed by atoms with Gasteiger partial charge in [0.15, 0.2) is 0 Å². The molecule has 0 unspecified atom stereocenters. The third-order valence-corrected chi connectivity index (χ3v) is 2.63. The van der Waals surface area contributed by atoms with Gasteiger partial charge in [-0.3, -0.25) is 4.79 Å². The van der Waals surface area contributed by atoms with Crippen LogP contribution in [0.4, 0.5) is 29.1 Å². The Hall–Kier alpha value is -2.64. The Morgan fingerprint density at radius 1 is 1.24 bits per heavy atom. The van der Waals surface area contributed by atoms with E-state index in [1.807, 2.05) is 5.32 Å². The maximum Gasteiger partial charge on any atom is 0.416 e. The molecule has 0 bridgehead atoms. The molecule has 0 radical (unpaired) electrons. The van der Waals surface area contributed by atoms with Gasteiger partial charge in [-0.15, -0.1) is 0 Å². The number of pyridine rings is 1. The molecule has 8 heteroatoms. The number of amides is 1. The lowest BCUT2D eigenvalue weighted by molar-refractivity contribution is -0.137.